The first-order valence-corrected chi connectivity index (χ1v) is 5.04. The van der Waals surface area contributed by atoms with Crippen LogP contribution in [-0.4, -0.2) is 58.9 Å². The molecule has 2 N–H and O–H groups in total. The number of carbonyl (C=O) groups excluding carboxylic acids is 1. The summed E-state index contributed by atoms with van der Waals surface area (Å²) in [5.74, 6) is -1.60. The zero-order valence-corrected chi connectivity index (χ0v) is 9.00. The van der Waals surface area contributed by atoms with Gasteiger partial charge in [-0.05, 0) is 6.92 Å². The number of aliphatic hydroxyl groups excluding tert-OH is 1. The highest BCUT2D eigenvalue weighted by atomic mass is 16.5. The van der Waals surface area contributed by atoms with Gasteiger partial charge >= 0.3 is 5.97 Å². The number of amides is 1. The van der Waals surface area contributed by atoms with Gasteiger partial charge in [-0.1, -0.05) is 0 Å². The van der Waals surface area contributed by atoms with Crippen LogP contribution in [0.15, 0.2) is 12.2 Å². The molecule has 1 aliphatic rings. The Morgan fingerprint density at radius 1 is 1.44 bits per heavy atom. The first-order chi connectivity index (χ1) is 7.54. The summed E-state index contributed by atoms with van der Waals surface area (Å²) >= 11 is 0. The largest absolute Gasteiger partial charge is 0.478 e. The standard InChI is InChI=1S/C10H15NO5/c1-2-16-8-6-11(5-7(8)12)9(13)3-4-10(14)15/h3-4,7-8,12H,2,5-6H2,1H3,(H,14,15)/b4-3+/t7-,8+/m0/s1. The van der Waals surface area contributed by atoms with Crippen LogP contribution in [0.1, 0.15) is 6.92 Å². The molecule has 0 aromatic carbocycles. The molecule has 90 valence electrons. The molecule has 0 unspecified atom stereocenters. The van der Waals surface area contributed by atoms with E-state index in [2.05, 4.69) is 0 Å². The van der Waals surface area contributed by atoms with Crippen molar-refractivity contribution in [1.82, 2.24) is 4.90 Å². The Labute approximate surface area is 93.1 Å². The van der Waals surface area contributed by atoms with Gasteiger partial charge < -0.3 is 19.8 Å². The molecule has 0 radical (unpaired) electrons. The Morgan fingerprint density at radius 2 is 2.12 bits per heavy atom. The average molecular weight is 229 g/mol. The monoisotopic (exact) mass is 229 g/mol. The van der Waals surface area contributed by atoms with Gasteiger partial charge in [0.1, 0.15) is 6.10 Å². The van der Waals surface area contributed by atoms with Crippen LogP contribution >= 0.6 is 0 Å². The van der Waals surface area contributed by atoms with Crippen LogP contribution in [0.3, 0.4) is 0 Å². The van der Waals surface area contributed by atoms with Gasteiger partial charge in [0.05, 0.1) is 6.10 Å². The number of β-amino-alcohol motifs (C(OH)–C–C–N with tert-alkyl or cyclic N) is 1. The van der Waals surface area contributed by atoms with E-state index in [0.29, 0.717) is 6.61 Å². The summed E-state index contributed by atoms with van der Waals surface area (Å²) in [6, 6.07) is 0. The fourth-order valence-electron chi connectivity index (χ4n) is 1.56. The zero-order chi connectivity index (χ0) is 12.1. The Hall–Kier alpha value is -1.40. The molecule has 1 aliphatic heterocycles. The van der Waals surface area contributed by atoms with E-state index in [9.17, 15) is 14.7 Å². The van der Waals surface area contributed by atoms with E-state index in [1.807, 2.05) is 6.92 Å². The molecule has 6 heteroatoms. The normalized spacial score (nSPS) is 25.2. The van der Waals surface area contributed by atoms with Gasteiger partial charge in [0.2, 0.25) is 5.91 Å². The summed E-state index contributed by atoms with van der Waals surface area (Å²) in [6.07, 6.45) is 0.667. The molecule has 1 amide bonds. The van der Waals surface area contributed by atoms with Crippen molar-refractivity contribution < 1.29 is 24.5 Å². The lowest BCUT2D eigenvalue weighted by Gasteiger charge is -2.13. The fraction of sp³-hybridized carbons (Fsp3) is 0.600. The second kappa shape index (κ2) is 5.62. The van der Waals surface area contributed by atoms with Gasteiger partial charge in [-0.25, -0.2) is 4.79 Å². The molecule has 1 saturated heterocycles. The van der Waals surface area contributed by atoms with E-state index in [1.54, 1.807) is 0 Å². The molecule has 2 atom stereocenters. The third kappa shape index (κ3) is 3.32. The molecule has 1 rings (SSSR count). The lowest BCUT2D eigenvalue weighted by atomic mass is 10.3. The molecule has 0 saturated carbocycles. The van der Waals surface area contributed by atoms with Crippen LogP contribution in [-0.2, 0) is 14.3 Å². The maximum atomic E-state index is 11.5. The van der Waals surface area contributed by atoms with Gasteiger partial charge in [0.15, 0.2) is 0 Å². The fourth-order valence-corrected chi connectivity index (χ4v) is 1.56. The number of hydrogen-bond donors (Lipinski definition) is 2. The van der Waals surface area contributed by atoms with Crippen molar-refractivity contribution in [3.05, 3.63) is 12.2 Å². The van der Waals surface area contributed by atoms with Crippen LogP contribution in [0.2, 0.25) is 0 Å². The quantitative estimate of drug-likeness (QED) is 0.618. The maximum absolute atomic E-state index is 11.5. The average Bonchev–Trinajstić information content (AvgIpc) is 2.57. The predicted molar refractivity (Wildman–Crippen MR) is 54.8 cm³/mol. The van der Waals surface area contributed by atoms with Crippen molar-refractivity contribution in [2.75, 3.05) is 19.7 Å². The number of carboxylic acids is 1. The van der Waals surface area contributed by atoms with Crippen molar-refractivity contribution in [3.8, 4) is 0 Å². The van der Waals surface area contributed by atoms with Gasteiger partial charge in [-0.2, -0.15) is 0 Å². The summed E-state index contributed by atoms with van der Waals surface area (Å²) in [5.41, 5.74) is 0. The Bertz CT molecular complexity index is 302. The van der Waals surface area contributed by atoms with Crippen LogP contribution in [0.4, 0.5) is 0 Å². The summed E-state index contributed by atoms with van der Waals surface area (Å²) in [5, 5.41) is 17.9. The molecular weight excluding hydrogens is 214 g/mol. The van der Waals surface area contributed by atoms with E-state index in [4.69, 9.17) is 9.84 Å². The number of hydrogen-bond acceptors (Lipinski definition) is 4. The van der Waals surface area contributed by atoms with Crippen LogP contribution < -0.4 is 0 Å². The van der Waals surface area contributed by atoms with Gasteiger partial charge in [0.25, 0.3) is 0 Å². The number of carboxylic acid groups (broad SMARTS) is 1. The highest BCUT2D eigenvalue weighted by molar-refractivity contribution is 5.94. The van der Waals surface area contributed by atoms with E-state index >= 15 is 0 Å². The minimum atomic E-state index is -1.17. The Kier molecular flexibility index (Phi) is 4.45. The van der Waals surface area contributed by atoms with E-state index < -0.39 is 18.0 Å². The predicted octanol–water partition coefficient (Wildman–Crippen LogP) is -0.765. The smallest absolute Gasteiger partial charge is 0.328 e. The topological polar surface area (TPSA) is 87.1 Å². The van der Waals surface area contributed by atoms with Gasteiger partial charge in [0, 0.05) is 31.8 Å². The number of rotatable bonds is 4. The van der Waals surface area contributed by atoms with Crippen molar-refractivity contribution in [1.29, 1.82) is 0 Å². The number of nitrogens with zero attached hydrogens (tertiary/aromatic N) is 1. The van der Waals surface area contributed by atoms with Crippen molar-refractivity contribution >= 4 is 11.9 Å². The molecule has 0 aromatic rings. The number of likely N-dealkylation sites (tertiary alicyclic amines) is 1. The van der Waals surface area contributed by atoms with Crippen molar-refractivity contribution in [2.24, 2.45) is 0 Å². The van der Waals surface area contributed by atoms with Gasteiger partial charge in [-0.15, -0.1) is 0 Å². The van der Waals surface area contributed by atoms with E-state index in [-0.39, 0.29) is 19.2 Å². The molecule has 0 spiro atoms. The summed E-state index contributed by atoms with van der Waals surface area (Å²) in [6.45, 7) is 2.74. The zero-order valence-electron chi connectivity index (χ0n) is 9.00. The van der Waals surface area contributed by atoms with Gasteiger partial charge in [-0.3, -0.25) is 4.79 Å². The molecule has 1 heterocycles. The minimum absolute atomic E-state index is 0.174. The molecular formula is C10H15NO5. The van der Waals surface area contributed by atoms with Crippen molar-refractivity contribution in [3.63, 3.8) is 0 Å². The lowest BCUT2D eigenvalue weighted by molar-refractivity contribution is -0.132. The van der Waals surface area contributed by atoms with Crippen molar-refractivity contribution in [2.45, 2.75) is 19.1 Å². The first kappa shape index (κ1) is 12.7. The first-order valence-electron chi connectivity index (χ1n) is 5.04. The summed E-state index contributed by atoms with van der Waals surface area (Å²) in [4.78, 5) is 23.0. The second-order valence-corrected chi connectivity index (χ2v) is 3.48. The summed E-state index contributed by atoms with van der Waals surface area (Å²) in [7, 11) is 0. The molecule has 0 bridgehead atoms. The van der Waals surface area contributed by atoms with E-state index in [1.165, 1.54) is 4.90 Å². The molecule has 1 fully saturated rings. The number of aliphatic carboxylic acids is 1. The lowest BCUT2D eigenvalue weighted by Crippen LogP contribution is -2.28. The van der Waals surface area contributed by atoms with Crippen LogP contribution in [0, 0.1) is 0 Å². The third-order valence-corrected chi connectivity index (χ3v) is 2.30. The number of ether oxygens (including phenoxy) is 1. The minimum Gasteiger partial charge on any atom is -0.478 e. The summed E-state index contributed by atoms with van der Waals surface area (Å²) < 4.78 is 5.24. The van der Waals surface area contributed by atoms with E-state index in [0.717, 1.165) is 12.2 Å². The second-order valence-electron chi connectivity index (χ2n) is 3.48. The Balaban J connectivity index is 2.51. The molecule has 0 aromatic heterocycles. The van der Waals surface area contributed by atoms with Crippen LogP contribution in [0.5, 0.6) is 0 Å². The third-order valence-electron chi connectivity index (χ3n) is 2.30. The SMILES string of the molecule is CCO[C@@H]1CN(C(=O)/C=C/C(=O)O)C[C@@H]1O. The number of aliphatic hydroxyl groups is 1. The molecule has 0 aliphatic carbocycles. The maximum Gasteiger partial charge on any atom is 0.328 e. The van der Waals surface area contributed by atoms with Crippen LogP contribution in [0.25, 0.3) is 0 Å². The molecule has 6 nitrogen and oxygen atoms in total. The Morgan fingerprint density at radius 3 is 2.69 bits per heavy atom. The highest BCUT2D eigenvalue weighted by Crippen LogP contribution is 2.13. The number of carbonyl (C=O) groups is 2. The highest BCUT2D eigenvalue weighted by Gasteiger charge is 2.33. The molecule has 16 heavy (non-hydrogen) atoms.